The number of fused-ring (bicyclic) bond motifs is 6. The predicted molar refractivity (Wildman–Crippen MR) is 193 cm³/mol. The topological polar surface area (TPSA) is 0 Å². The van der Waals surface area contributed by atoms with Crippen LogP contribution in [0.3, 0.4) is 0 Å². The molecule has 9 aliphatic rings. The first kappa shape index (κ1) is 37.2. The average molecular weight is 861 g/mol. The molecule has 0 atom stereocenters. The van der Waals surface area contributed by atoms with Crippen LogP contribution in [0, 0.1) is 133 Å². The van der Waals surface area contributed by atoms with Gasteiger partial charge in [0.25, 0.3) is 0 Å². The molecule has 0 aliphatic heterocycles. The molecule has 48 heavy (non-hydrogen) atoms. The van der Waals surface area contributed by atoms with Crippen molar-refractivity contribution in [2.75, 3.05) is 0 Å². The Hall–Kier alpha value is 0.846. The first-order chi connectivity index (χ1) is 23.6. The van der Waals surface area contributed by atoms with Crippen LogP contribution in [-0.4, -0.2) is 0 Å². The molecule has 0 saturated heterocycles. The zero-order valence-corrected chi connectivity index (χ0v) is 34.1. The van der Waals surface area contributed by atoms with Crippen molar-refractivity contribution in [3.05, 3.63) is 220 Å². The van der Waals surface area contributed by atoms with E-state index in [0.29, 0.717) is 0 Å². The van der Waals surface area contributed by atoms with E-state index < -0.39 is 41.7 Å². The second-order valence-electron chi connectivity index (χ2n) is 12.6. The minimum atomic E-state index is -0.826. The summed E-state index contributed by atoms with van der Waals surface area (Å²) in [6, 6.07) is 0. The van der Waals surface area contributed by atoms with Crippen molar-refractivity contribution in [1.82, 2.24) is 0 Å². The zero-order chi connectivity index (χ0) is 33.1. The van der Waals surface area contributed by atoms with Gasteiger partial charge in [0, 0.05) is 59.2 Å². The number of allylic oxidation sites excluding steroid dienone is 16. The van der Waals surface area contributed by atoms with Crippen molar-refractivity contribution in [2.45, 2.75) is 25.7 Å². The molecule has 9 aliphatic carbocycles. The van der Waals surface area contributed by atoms with Gasteiger partial charge in [-0.2, -0.15) is 0 Å². The third-order valence-electron chi connectivity index (χ3n) is 10.7. The summed E-state index contributed by atoms with van der Waals surface area (Å²) in [5.74, 6) is 17.2. The molecule has 0 N–H and O–H groups in total. The van der Waals surface area contributed by atoms with Crippen molar-refractivity contribution in [3.8, 4) is 0 Å². The van der Waals surface area contributed by atoms with E-state index in [2.05, 4.69) is 149 Å². The summed E-state index contributed by atoms with van der Waals surface area (Å²) in [6.45, 7) is 0. The van der Waals surface area contributed by atoms with Crippen molar-refractivity contribution in [1.29, 1.82) is 0 Å². The fraction of sp³-hybridized carbons (Fsp3) is 0.143. The molecule has 0 heterocycles. The van der Waals surface area contributed by atoms with Gasteiger partial charge < -0.3 is 0 Å². The van der Waals surface area contributed by atoms with Gasteiger partial charge in [0.2, 0.25) is 0 Å². The quantitative estimate of drug-likeness (QED) is 0.264. The van der Waals surface area contributed by atoms with Gasteiger partial charge in [-0.1, -0.05) is 97.2 Å². The summed E-state index contributed by atoms with van der Waals surface area (Å²) >= 11 is -1.65. The fourth-order valence-electron chi connectivity index (χ4n) is 8.92. The molecule has 0 amide bonds. The molecule has 9 rings (SSSR count). The van der Waals surface area contributed by atoms with Crippen molar-refractivity contribution in [2.24, 2.45) is 10.8 Å². The van der Waals surface area contributed by atoms with Crippen LogP contribution in [-0.2, 0) is 41.7 Å². The maximum atomic E-state index is 4.93. The first-order valence-corrected chi connectivity index (χ1v) is 28.8. The van der Waals surface area contributed by atoms with Gasteiger partial charge in [-0.3, -0.25) is 0 Å². The molecule has 0 aromatic heterocycles. The van der Waals surface area contributed by atoms with E-state index in [1.165, 1.54) is 71.0 Å². The van der Waals surface area contributed by atoms with Gasteiger partial charge in [-0.05, 0) is 99.7 Å². The van der Waals surface area contributed by atoms with E-state index in [1.807, 2.05) is 0 Å². The normalized spacial score (nSPS) is 33.2. The predicted octanol–water partition coefficient (Wildman–Crippen LogP) is 11.4. The Balaban J connectivity index is 0.000000568. The van der Waals surface area contributed by atoms with Gasteiger partial charge in [0.1, 0.15) is 0 Å². The summed E-state index contributed by atoms with van der Waals surface area (Å²) < 4.78 is 0. The van der Waals surface area contributed by atoms with Crippen LogP contribution in [0.1, 0.15) is 25.7 Å². The average Bonchev–Trinajstić information content (AvgIpc) is 3.95. The summed E-state index contributed by atoms with van der Waals surface area (Å²) in [4.78, 5) is 0. The fourth-order valence-corrected chi connectivity index (χ4v) is 8.92. The summed E-state index contributed by atoms with van der Waals surface area (Å²) in [5, 5.41) is 0. The van der Waals surface area contributed by atoms with Crippen molar-refractivity contribution < 1.29 is 41.7 Å². The van der Waals surface area contributed by atoms with Crippen LogP contribution >= 0.6 is 34.1 Å². The maximum absolute atomic E-state index is 4.93. The van der Waals surface area contributed by atoms with Crippen molar-refractivity contribution >= 4 is 34.1 Å². The zero-order valence-electron chi connectivity index (χ0n) is 26.2. The monoisotopic (exact) mass is 856 g/mol. The molecule has 0 bridgehead atoms. The Morgan fingerprint density at radius 3 is 0.792 bits per heavy atom. The van der Waals surface area contributed by atoms with E-state index in [4.69, 9.17) is 34.1 Å². The van der Waals surface area contributed by atoms with E-state index in [0.717, 1.165) is 25.7 Å². The van der Waals surface area contributed by atoms with Crippen LogP contribution in [0.4, 0.5) is 0 Å². The van der Waals surface area contributed by atoms with Gasteiger partial charge in [0.05, 0.1) is 0 Å². The summed E-state index contributed by atoms with van der Waals surface area (Å²) in [6.07, 6.45) is 59.4. The summed E-state index contributed by atoms with van der Waals surface area (Å²) in [5.41, 5.74) is -0.0823. The van der Waals surface area contributed by atoms with Gasteiger partial charge >= 0.3 is 75.7 Å². The molecule has 20 radical (unpaired) electrons. The van der Waals surface area contributed by atoms with Crippen LogP contribution < -0.4 is 0 Å². The van der Waals surface area contributed by atoms with E-state index in [-0.39, 0.29) is 10.8 Å². The molecule has 0 aromatic rings. The van der Waals surface area contributed by atoms with E-state index in [9.17, 15) is 0 Å². The molecule has 0 nitrogen and oxygen atoms in total. The second-order valence-corrected chi connectivity index (χ2v) is 20.1. The summed E-state index contributed by atoms with van der Waals surface area (Å²) in [7, 11) is 19.7. The molecule has 6 heteroatoms. The Morgan fingerprint density at radius 2 is 0.562 bits per heavy atom. The molecule has 0 unspecified atom stereocenters. The van der Waals surface area contributed by atoms with Crippen LogP contribution in [0.2, 0.25) is 0 Å². The number of hydrogen-bond acceptors (Lipinski definition) is 0. The molecular formula is C42H32Cl4Zr2+4. The molecule has 0 spiro atoms. The van der Waals surface area contributed by atoms with Gasteiger partial charge in [-0.25, -0.2) is 0 Å². The number of hydrogen-bond donors (Lipinski definition) is 0. The minimum absolute atomic E-state index is 0.0412. The van der Waals surface area contributed by atoms with Crippen LogP contribution in [0.5, 0.6) is 0 Å². The standard InChI is InChI=1S/C42H32.4ClH.2Zr/c1-2-14-29(13-1)41(39-35-21-9-5-17-31(35)32-18-6-10-22-36(32)39)25-27-42(28-26-41,30-15-3-4-16-30)40-37-23-11-7-19-33(37)34-20-8-12-24-38(34)40;;;;;;/h1-24H,25-28H2;4*1H;;/q;;;;;2*+4/p-4. The van der Waals surface area contributed by atoms with Crippen LogP contribution in [0.25, 0.3) is 0 Å². The molecule has 232 valence electrons. The molecular weight excluding hydrogens is 829 g/mol. The Morgan fingerprint density at radius 1 is 0.354 bits per heavy atom. The Labute approximate surface area is 328 Å². The molecule has 0 aromatic carbocycles. The third kappa shape index (κ3) is 6.74. The van der Waals surface area contributed by atoms with Gasteiger partial charge in [0.15, 0.2) is 0 Å². The first-order valence-electron chi connectivity index (χ1n) is 16.1. The third-order valence-corrected chi connectivity index (χ3v) is 10.7. The van der Waals surface area contributed by atoms with E-state index >= 15 is 0 Å². The Kier molecular flexibility index (Phi) is 13.1. The second kappa shape index (κ2) is 16.9. The van der Waals surface area contributed by atoms with Crippen molar-refractivity contribution in [3.63, 3.8) is 0 Å². The van der Waals surface area contributed by atoms with E-state index in [1.54, 1.807) is 0 Å². The van der Waals surface area contributed by atoms with Crippen LogP contribution in [0.15, 0.2) is 97.2 Å². The Bertz CT molecular complexity index is 1170. The van der Waals surface area contributed by atoms with Gasteiger partial charge in [-0.15, -0.1) is 0 Å². The number of halogens is 4. The number of rotatable bonds is 4. The molecule has 5 saturated carbocycles. The SMILES string of the molecule is [CH]1[CH][CH][C](C2([C]3[C]4C=CC=C[C]4[C]4C=CC=C[C]43)CCC([C]3[CH][CH][CH][CH]3)([C]3[C]4C=CC=C[C]4[C]4C=CC=C[C]43)CC2)[CH]1.[Cl][Zr+2][Cl].[Cl][Zr+2][Cl]. The molecule has 5 fully saturated rings.